The monoisotopic (exact) mass is 168 g/mol. The van der Waals surface area contributed by atoms with E-state index in [0.717, 1.165) is 6.07 Å². The van der Waals surface area contributed by atoms with E-state index < -0.39 is 11.7 Å². The highest BCUT2D eigenvalue weighted by Crippen LogP contribution is 2.14. The molecule has 0 saturated heterocycles. The van der Waals surface area contributed by atoms with Crippen LogP contribution in [0.1, 0.15) is 10.4 Å². The zero-order valence-electron chi connectivity index (χ0n) is 6.60. The maximum Gasteiger partial charge on any atom is 0.248 e. The summed E-state index contributed by atoms with van der Waals surface area (Å²) in [6.07, 6.45) is 0. The van der Waals surface area contributed by atoms with Gasteiger partial charge in [0, 0.05) is 12.6 Å². The molecule has 0 atom stereocenters. The Morgan fingerprint density at radius 3 is 2.67 bits per heavy atom. The third-order valence-electron chi connectivity index (χ3n) is 1.52. The van der Waals surface area contributed by atoms with E-state index in [1.54, 1.807) is 7.05 Å². The van der Waals surface area contributed by atoms with E-state index >= 15 is 0 Å². The minimum absolute atomic E-state index is 0.173. The molecule has 0 aliphatic heterocycles. The summed E-state index contributed by atoms with van der Waals surface area (Å²) in [6.45, 7) is 0. The van der Waals surface area contributed by atoms with Crippen LogP contribution in [0.25, 0.3) is 0 Å². The molecule has 0 unspecified atom stereocenters. The fourth-order valence-corrected chi connectivity index (χ4v) is 0.871. The molecule has 0 aliphatic carbocycles. The summed E-state index contributed by atoms with van der Waals surface area (Å²) >= 11 is 0. The number of hydrogen-bond donors (Lipinski definition) is 2. The van der Waals surface area contributed by atoms with E-state index in [4.69, 9.17) is 5.73 Å². The molecule has 0 radical (unpaired) electrons. The lowest BCUT2D eigenvalue weighted by atomic mass is 10.2. The predicted octanol–water partition coefficient (Wildman–Crippen LogP) is 0.966. The molecule has 0 saturated carbocycles. The van der Waals surface area contributed by atoms with Crippen LogP contribution in [0.2, 0.25) is 0 Å². The number of primary amides is 1. The lowest BCUT2D eigenvalue weighted by Gasteiger charge is -2.02. The average molecular weight is 168 g/mol. The summed E-state index contributed by atoms with van der Waals surface area (Å²) in [7, 11) is 1.60. The number of nitrogens with one attached hydrogen (secondary N) is 1. The number of benzene rings is 1. The molecule has 1 amide bonds. The van der Waals surface area contributed by atoms with E-state index in [0.29, 0.717) is 5.69 Å². The Kier molecular flexibility index (Phi) is 2.28. The van der Waals surface area contributed by atoms with Gasteiger partial charge in [-0.2, -0.15) is 0 Å². The Labute approximate surface area is 69.4 Å². The van der Waals surface area contributed by atoms with Crippen molar-refractivity contribution >= 4 is 11.6 Å². The van der Waals surface area contributed by atoms with Crippen LogP contribution in [-0.2, 0) is 0 Å². The van der Waals surface area contributed by atoms with Gasteiger partial charge in [-0.25, -0.2) is 4.39 Å². The van der Waals surface area contributed by atoms with Crippen LogP contribution in [0.4, 0.5) is 10.1 Å². The van der Waals surface area contributed by atoms with E-state index in [2.05, 4.69) is 5.32 Å². The number of hydrogen-bond acceptors (Lipinski definition) is 2. The molecule has 4 heteroatoms. The molecule has 0 aromatic heterocycles. The first kappa shape index (κ1) is 8.52. The molecule has 1 aromatic carbocycles. The van der Waals surface area contributed by atoms with Crippen LogP contribution in [0.15, 0.2) is 18.2 Å². The highest BCUT2D eigenvalue weighted by Gasteiger charge is 2.04. The van der Waals surface area contributed by atoms with Gasteiger partial charge in [0.05, 0.1) is 5.69 Å². The third-order valence-corrected chi connectivity index (χ3v) is 1.52. The summed E-state index contributed by atoms with van der Waals surface area (Å²) in [4.78, 5) is 10.6. The lowest BCUT2D eigenvalue weighted by Crippen LogP contribution is -2.11. The first-order valence-electron chi connectivity index (χ1n) is 3.42. The molecule has 12 heavy (non-hydrogen) atoms. The van der Waals surface area contributed by atoms with Gasteiger partial charge in [0.25, 0.3) is 0 Å². The van der Waals surface area contributed by atoms with Gasteiger partial charge in [-0.05, 0) is 18.2 Å². The molecular weight excluding hydrogens is 159 g/mol. The van der Waals surface area contributed by atoms with Crippen LogP contribution in [0.5, 0.6) is 0 Å². The first-order valence-corrected chi connectivity index (χ1v) is 3.42. The minimum atomic E-state index is -0.628. The normalized spacial score (nSPS) is 9.50. The second-order valence-electron chi connectivity index (χ2n) is 2.31. The van der Waals surface area contributed by atoms with Crippen LogP contribution in [-0.4, -0.2) is 13.0 Å². The Bertz CT molecular complexity index is 312. The molecule has 0 bridgehead atoms. The van der Waals surface area contributed by atoms with Crippen LogP contribution >= 0.6 is 0 Å². The standard InChI is InChI=1S/C8H9FN2O/c1-11-7-3-2-5(8(10)12)4-6(7)9/h2-4,11H,1H3,(H2,10,12). The second-order valence-corrected chi connectivity index (χ2v) is 2.31. The van der Waals surface area contributed by atoms with Gasteiger partial charge in [-0.1, -0.05) is 0 Å². The van der Waals surface area contributed by atoms with Crippen molar-refractivity contribution in [3.63, 3.8) is 0 Å². The summed E-state index contributed by atoms with van der Waals surface area (Å²) < 4.78 is 12.9. The average Bonchev–Trinajstić information content (AvgIpc) is 2.04. The predicted molar refractivity (Wildman–Crippen MR) is 44.5 cm³/mol. The Morgan fingerprint density at radius 1 is 1.58 bits per heavy atom. The molecule has 64 valence electrons. The molecule has 0 heterocycles. The zero-order chi connectivity index (χ0) is 9.14. The van der Waals surface area contributed by atoms with Gasteiger partial charge in [0.1, 0.15) is 5.82 Å². The van der Waals surface area contributed by atoms with E-state index in [9.17, 15) is 9.18 Å². The van der Waals surface area contributed by atoms with Gasteiger partial charge in [0.2, 0.25) is 5.91 Å². The van der Waals surface area contributed by atoms with Crippen molar-refractivity contribution in [2.24, 2.45) is 5.73 Å². The van der Waals surface area contributed by atoms with Crippen molar-refractivity contribution in [3.8, 4) is 0 Å². The second kappa shape index (κ2) is 3.21. The molecule has 3 nitrogen and oxygen atoms in total. The Morgan fingerprint density at radius 2 is 2.25 bits per heavy atom. The highest BCUT2D eigenvalue weighted by molar-refractivity contribution is 5.93. The van der Waals surface area contributed by atoms with Gasteiger partial charge in [-0.3, -0.25) is 4.79 Å². The highest BCUT2D eigenvalue weighted by atomic mass is 19.1. The molecule has 0 spiro atoms. The first-order chi connectivity index (χ1) is 5.65. The van der Waals surface area contributed by atoms with Crippen molar-refractivity contribution < 1.29 is 9.18 Å². The Balaban J connectivity index is 3.10. The quantitative estimate of drug-likeness (QED) is 0.691. The molecule has 0 aliphatic rings. The minimum Gasteiger partial charge on any atom is -0.386 e. The van der Waals surface area contributed by atoms with Crippen LogP contribution in [0.3, 0.4) is 0 Å². The fourth-order valence-electron chi connectivity index (χ4n) is 0.871. The topological polar surface area (TPSA) is 55.1 Å². The number of carbonyl (C=O) groups is 1. The van der Waals surface area contributed by atoms with Crippen LogP contribution < -0.4 is 11.1 Å². The van der Waals surface area contributed by atoms with Gasteiger partial charge >= 0.3 is 0 Å². The molecule has 0 fully saturated rings. The number of carbonyl (C=O) groups excluding carboxylic acids is 1. The SMILES string of the molecule is CNc1ccc(C(N)=O)cc1F. The third kappa shape index (κ3) is 1.53. The van der Waals surface area contributed by atoms with Gasteiger partial charge < -0.3 is 11.1 Å². The fraction of sp³-hybridized carbons (Fsp3) is 0.125. The molecule has 3 N–H and O–H groups in total. The molecule has 1 rings (SSSR count). The van der Waals surface area contributed by atoms with Crippen molar-refractivity contribution in [3.05, 3.63) is 29.6 Å². The van der Waals surface area contributed by atoms with Crippen LogP contribution in [0, 0.1) is 5.82 Å². The van der Waals surface area contributed by atoms with Crippen molar-refractivity contribution in [1.82, 2.24) is 0 Å². The maximum atomic E-state index is 12.9. The smallest absolute Gasteiger partial charge is 0.248 e. The lowest BCUT2D eigenvalue weighted by molar-refractivity contribution is 0.1000. The van der Waals surface area contributed by atoms with Crippen molar-refractivity contribution in [2.75, 3.05) is 12.4 Å². The van der Waals surface area contributed by atoms with E-state index in [1.165, 1.54) is 12.1 Å². The largest absolute Gasteiger partial charge is 0.386 e. The van der Waals surface area contributed by atoms with E-state index in [1.807, 2.05) is 0 Å². The molecule has 1 aromatic rings. The Hall–Kier alpha value is -1.58. The summed E-state index contributed by atoms with van der Waals surface area (Å²) in [5.74, 6) is -1.11. The maximum absolute atomic E-state index is 12.9. The number of rotatable bonds is 2. The van der Waals surface area contributed by atoms with Crippen molar-refractivity contribution in [1.29, 1.82) is 0 Å². The zero-order valence-corrected chi connectivity index (χ0v) is 6.60. The van der Waals surface area contributed by atoms with E-state index in [-0.39, 0.29) is 5.56 Å². The van der Waals surface area contributed by atoms with Crippen molar-refractivity contribution in [2.45, 2.75) is 0 Å². The molecular formula is C8H9FN2O. The summed E-state index contributed by atoms with van der Waals surface area (Å²) in [6, 6.07) is 4.04. The summed E-state index contributed by atoms with van der Waals surface area (Å²) in [5.41, 5.74) is 5.47. The number of nitrogens with two attached hydrogens (primary N) is 1. The number of amides is 1. The van der Waals surface area contributed by atoms with Gasteiger partial charge in [-0.15, -0.1) is 0 Å². The number of anilines is 1. The summed E-state index contributed by atoms with van der Waals surface area (Å²) in [5, 5.41) is 2.63. The number of halogens is 1. The van der Waals surface area contributed by atoms with Gasteiger partial charge in [0.15, 0.2) is 0 Å².